The van der Waals surface area contributed by atoms with Gasteiger partial charge in [0.05, 0.1) is 5.39 Å². The number of hydrogen-bond acceptors (Lipinski definition) is 4. The molecule has 30 heavy (non-hydrogen) atoms. The van der Waals surface area contributed by atoms with Crippen molar-refractivity contribution in [1.82, 2.24) is 19.0 Å². The summed E-state index contributed by atoms with van der Waals surface area (Å²) in [6, 6.07) is 8.91. The van der Waals surface area contributed by atoms with Crippen LogP contribution in [0, 0.1) is 12.8 Å². The highest BCUT2D eigenvalue weighted by molar-refractivity contribution is 5.97. The fraction of sp³-hybridized carbons (Fsp3) is 0.391. The number of likely N-dealkylation sites (tertiary alicyclic amines) is 1. The van der Waals surface area contributed by atoms with Crippen molar-refractivity contribution in [2.45, 2.75) is 39.3 Å². The van der Waals surface area contributed by atoms with E-state index in [0.29, 0.717) is 37.2 Å². The highest BCUT2D eigenvalue weighted by Gasteiger charge is 2.37. The van der Waals surface area contributed by atoms with E-state index in [0.717, 1.165) is 17.8 Å². The quantitative estimate of drug-likeness (QED) is 0.656. The fourth-order valence-corrected chi connectivity index (χ4v) is 4.99. The third-order valence-corrected chi connectivity index (χ3v) is 6.40. The van der Waals surface area contributed by atoms with E-state index < -0.39 is 0 Å². The zero-order valence-corrected chi connectivity index (χ0v) is 17.2. The number of pyridine rings is 3. The molecule has 1 fully saturated rings. The van der Waals surface area contributed by atoms with Gasteiger partial charge in [0.25, 0.3) is 11.5 Å². The van der Waals surface area contributed by atoms with Crippen LogP contribution < -0.4 is 11.0 Å². The first-order chi connectivity index (χ1) is 14.5. The molecule has 2 aliphatic rings. The summed E-state index contributed by atoms with van der Waals surface area (Å²) >= 11 is 0. The maximum Gasteiger partial charge on any atom is 0.259 e. The van der Waals surface area contributed by atoms with Gasteiger partial charge in [-0.3, -0.25) is 14.4 Å². The Hall–Kier alpha value is -3.22. The number of aromatic nitrogens is 3. The molecule has 2 atom stereocenters. The van der Waals surface area contributed by atoms with Crippen molar-refractivity contribution in [3.05, 3.63) is 74.1 Å². The van der Waals surface area contributed by atoms with E-state index in [1.54, 1.807) is 35.4 Å². The number of aryl methyl sites for hydroxylation is 2. The van der Waals surface area contributed by atoms with Gasteiger partial charge in [0, 0.05) is 55.7 Å². The monoisotopic (exact) mass is 404 g/mol. The van der Waals surface area contributed by atoms with Gasteiger partial charge in [0.15, 0.2) is 0 Å². The maximum atomic E-state index is 13.4. The number of piperidine rings is 1. The number of rotatable bonds is 2. The van der Waals surface area contributed by atoms with E-state index in [4.69, 9.17) is 0 Å². The number of amides is 1. The Morgan fingerprint density at radius 3 is 2.77 bits per heavy atom. The van der Waals surface area contributed by atoms with Gasteiger partial charge in [-0.25, -0.2) is 4.98 Å². The predicted octanol–water partition coefficient (Wildman–Crippen LogP) is 2.15. The zero-order chi connectivity index (χ0) is 21.0. The van der Waals surface area contributed by atoms with Crippen molar-refractivity contribution in [1.29, 1.82) is 0 Å². The van der Waals surface area contributed by atoms with Gasteiger partial charge in [0.1, 0.15) is 11.2 Å². The molecule has 5 rings (SSSR count). The molecule has 3 aromatic heterocycles. The topological polar surface area (TPSA) is 77.2 Å². The van der Waals surface area contributed by atoms with Crippen molar-refractivity contribution in [2.24, 2.45) is 5.92 Å². The van der Waals surface area contributed by atoms with Crippen LogP contribution in [0.1, 0.15) is 41.0 Å². The molecule has 7 heteroatoms. The Kier molecular flexibility index (Phi) is 4.34. The van der Waals surface area contributed by atoms with Crippen LogP contribution in [-0.2, 0) is 13.1 Å². The summed E-state index contributed by atoms with van der Waals surface area (Å²) in [7, 11) is 0. The molecule has 0 saturated carbocycles. The number of carbonyl (C=O) groups excluding carboxylic acids is 1. The molecule has 0 N–H and O–H groups in total. The minimum Gasteiger partial charge on any atom is -0.337 e. The molecular formula is C23H24N4O3. The molecule has 0 radical (unpaired) electrons. The highest BCUT2D eigenvalue weighted by Crippen LogP contribution is 2.35. The smallest absolute Gasteiger partial charge is 0.259 e. The van der Waals surface area contributed by atoms with Crippen LogP contribution in [0.4, 0.5) is 0 Å². The Bertz CT molecular complexity index is 1290. The van der Waals surface area contributed by atoms with E-state index in [1.165, 1.54) is 0 Å². The SMILES string of the molecule is CCn1cc(C(=O)N2CC3CC(C2)c2cccc(=O)n2C3)c(=O)c2ccc(C)nc21. The van der Waals surface area contributed by atoms with Crippen LogP contribution in [0.5, 0.6) is 0 Å². The van der Waals surface area contributed by atoms with Crippen LogP contribution in [0.15, 0.2) is 46.1 Å². The molecule has 0 spiro atoms. The lowest BCUT2D eigenvalue weighted by Gasteiger charge is -2.42. The van der Waals surface area contributed by atoms with Crippen molar-refractivity contribution >= 4 is 16.9 Å². The first-order valence-corrected chi connectivity index (χ1v) is 10.5. The molecule has 1 amide bonds. The lowest BCUT2D eigenvalue weighted by atomic mass is 9.83. The lowest BCUT2D eigenvalue weighted by molar-refractivity contribution is 0.0592. The third-order valence-electron chi connectivity index (χ3n) is 6.40. The molecule has 2 aliphatic heterocycles. The van der Waals surface area contributed by atoms with Crippen molar-refractivity contribution in [2.75, 3.05) is 13.1 Å². The minimum atomic E-state index is -0.264. The van der Waals surface area contributed by atoms with Gasteiger partial charge >= 0.3 is 0 Å². The number of carbonyl (C=O) groups is 1. The minimum absolute atomic E-state index is 0.0186. The Labute approximate surface area is 173 Å². The van der Waals surface area contributed by atoms with E-state index >= 15 is 0 Å². The number of fused-ring (bicyclic) bond motifs is 5. The molecule has 2 bridgehead atoms. The average Bonchev–Trinajstić information content (AvgIpc) is 2.74. The largest absolute Gasteiger partial charge is 0.337 e. The van der Waals surface area contributed by atoms with Crippen LogP contribution >= 0.6 is 0 Å². The molecule has 5 heterocycles. The lowest BCUT2D eigenvalue weighted by Crippen LogP contribution is -2.49. The van der Waals surface area contributed by atoms with Crippen molar-refractivity contribution < 1.29 is 4.79 Å². The first kappa shape index (κ1) is 18.8. The molecule has 0 aromatic carbocycles. The summed E-state index contributed by atoms with van der Waals surface area (Å²) < 4.78 is 3.71. The number of nitrogens with zero attached hydrogens (tertiary/aromatic N) is 4. The maximum absolute atomic E-state index is 13.4. The summed E-state index contributed by atoms with van der Waals surface area (Å²) in [5.74, 6) is 0.109. The molecule has 0 aliphatic carbocycles. The molecular weight excluding hydrogens is 380 g/mol. The molecule has 1 saturated heterocycles. The van der Waals surface area contributed by atoms with Crippen molar-refractivity contribution in [3.63, 3.8) is 0 Å². The van der Waals surface area contributed by atoms with Gasteiger partial charge in [-0.15, -0.1) is 0 Å². The van der Waals surface area contributed by atoms with Gasteiger partial charge in [-0.2, -0.15) is 0 Å². The van der Waals surface area contributed by atoms with Crippen LogP contribution in [0.2, 0.25) is 0 Å². The highest BCUT2D eigenvalue weighted by atomic mass is 16.2. The summed E-state index contributed by atoms with van der Waals surface area (Å²) in [6.07, 6.45) is 2.62. The third kappa shape index (κ3) is 2.88. The van der Waals surface area contributed by atoms with E-state index in [1.807, 2.05) is 29.0 Å². The average molecular weight is 404 g/mol. The number of hydrogen-bond donors (Lipinski definition) is 0. The summed E-state index contributed by atoms with van der Waals surface area (Å²) in [5.41, 5.74) is 2.38. The molecule has 3 aromatic rings. The molecule has 2 unspecified atom stereocenters. The predicted molar refractivity (Wildman–Crippen MR) is 114 cm³/mol. The Balaban J connectivity index is 1.54. The summed E-state index contributed by atoms with van der Waals surface area (Å²) in [6.45, 7) is 6.19. The van der Waals surface area contributed by atoms with Crippen LogP contribution in [-0.4, -0.2) is 38.0 Å². The second-order valence-corrected chi connectivity index (χ2v) is 8.39. The second-order valence-electron chi connectivity index (χ2n) is 8.39. The van der Waals surface area contributed by atoms with Crippen molar-refractivity contribution in [3.8, 4) is 0 Å². The van der Waals surface area contributed by atoms with Crippen LogP contribution in [0.3, 0.4) is 0 Å². The van der Waals surface area contributed by atoms with Gasteiger partial charge in [-0.1, -0.05) is 6.07 Å². The fourth-order valence-electron chi connectivity index (χ4n) is 4.99. The Morgan fingerprint density at radius 1 is 1.13 bits per heavy atom. The summed E-state index contributed by atoms with van der Waals surface area (Å²) in [4.78, 5) is 45.1. The van der Waals surface area contributed by atoms with E-state index in [-0.39, 0.29) is 34.3 Å². The van der Waals surface area contributed by atoms with E-state index in [9.17, 15) is 14.4 Å². The molecule has 7 nitrogen and oxygen atoms in total. The Morgan fingerprint density at radius 2 is 1.97 bits per heavy atom. The van der Waals surface area contributed by atoms with Gasteiger partial charge < -0.3 is 14.0 Å². The van der Waals surface area contributed by atoms with E-state index in [2.05, 4.69) is 4.98 Å². The standard InChI is InChI=1S/C23H24N4O3/c1-3-25-13-18(21(29)17-8-7-14(2)24-22(17)25)23(30)26-10-15-9-16(12-26)19-5-4-6-20(28)27(19)11-15/h4-8,13,15-16H,3,9-12H2,1-2H3. The second kappa shape index (κ2) is 6.93. The zero-order valence-electron chi connectivity index (χ0n) is 17.2. The summed E-state index contributed by atoms with van der Waals surface area (Å²) in [5, 5.41) is 0.474. The van der Waals surface area contributed by atoms with Gasteiger partial charge in [0.2, 0.25) is 5.43 Å². The molecule has 154 valence electrons. The van der Waals surface area contributed by atoms with Gasteiger partial charge in [-0.05, 0) is 44.4 Å². The first-order valence-electron chi connectivity index (χ1n) is 10.5. The van der Waals surface area contributed by atoms with Crippen LogP contribution in [0.25, 0.3) is 11.0 Å². The normalized spacial score (nSPS) is 20.3.